The van der Waals surface area contributed by atoms with Gasteiger partial charge in [0.15, 0.2) is 15.7 Å². The molecule has 0 saturated carbocycles. The minimum absolute atomic E-state index is 0.148. The standard InChI is InChI=1S/C8H13N3O3S/c1-2-3-4-15(13,14)6-9-7-5-8(12)11-10-7/h5,9H,2-4,6H2,1H3. The molecule has 0 aliphatic carbocycles. The number of nitrogens with zero attached hydrogens (tertiary/aromatic N) is 2. The molecule has 0 aromatic rings. The SMILES string of the molecule is CCCCS(=O)(=O)CNC1=CC(=O)N=N1. The second-order valence-corrected chi connectivity index (χ2v) is 5.37. The smallest absolute Gasteiger partial charge is 0.292 e. The molecule has 6 nitrogen and oxygen atoms in total. The number of hydrogen-bond acceptors (Lipinski definition) is 5. The molecule has 84 valence electrons. The normalized spacial score (nSPS) is 15.5. The van der Waals surface area contributed by atoms with Crippen LogP contribution >= 0.6 is 0 Å². The van der Waals surface area contributed by atoms with Crippen molar-refractivity contribution in [3.8, 4) is 0 Å². The molecule has 1 aliphatic heterocycles. The molecule has 1 rings (SSSR count). The van der Waals surface area contributed by atoms with E-state index in [-0.39, 0.29) is 17.5 Å². The third-order valence-corrected chi connectivity index (χ3v) is 3.29. The maximum atomic E-state index is 11.4. The lowest BCUT2D eigenvalue weighted by atomic mass is 10.4. The van der Waals surface area contributed by atoms with Crippen molar-refractivity contribution in [1.29, 1.82) is 0 Å². The number of rotatable bonds is 6. The molecule has 0 spiro atoms. The summed E-state index contributed by atoms with van der Waals surface area (Å²) in [6.07, 6.45) is 2.64. The first kappa shape index (κ1) is 11.8. The Hall–Kier alpha value is -1.24. The minimum Gasteiger partial charge on any atom is -0.355 e. The summed E-state index contributed by atoms with van der Waals surface area (Å²) < 4.78 is 22.8. The van der Waals surface area contributed by atoms with Crippen molar-refractivity contribution in [3.05, 3.63) is 11.9 Å². The van der Waals surface area contributed by atoms with Gasteiger partial charge in [-0.2, -0.15) is 0 Å². The lowest BCUT2D eigenvalue weighted by Crippen LogP contribution is -2.23. The molecule has 7 heteroatoms. The van der Waals surface area contributed by atoms with E-state index >= 15 is 0 Å². The van der Waals surface area contributed by atoms with Gasteiger partial charge in [-0.05, 0) is 6.42 Å². The van der Waals surface area contributed by atoms with E-state index in [2.05, 4.69) is 15.5 Å². The van der Waals surface area contributed by atoms with Gasteiger partial charge in [-0.1, -0.05) is 13.3 Å². The number of hydrogen-bond donors (Lipinski definition) is 1. The highest BCUT2D eigenvalue weighted by Gasteiger charge is 2.13. The maximum absolute atomic E-state index is 11.4. The average molecular weight is 231 g/mol. The fourth-order valence-corrected chi connectivity index (χ4v) is 2.23. The number of carbonyl (C=O) groups excluding carboxylic acids is 1. The summed E-state index contributed by atoms with van der Waals surface area (Å²) in [6.45, 7) is 1.93. The molecule has 0 bridgehead atoms. The molecule has 0 aromatic carbocycles. The summed E-state index contributed by atoms with van der Waals surface area (Å²) in [7, 11) is -3.11. The van der Waals surface area contributed by atoms with Crippen LogP contribution in [0.1, 0.15) is 19.8 Å². The van der Waals surface area contributed by atoms with Crippen LogP contribution in [0.2, 0.25) is 0 Å². The highest BCUT2D eigenvalue weighted by molar-refractivity contribution is 7.91. The first-order valence-corrected chi connectivity index (χ1v) is 6.47. The average Bonchev–Trinajstić information content (AvgIpc) is 2.59. The number of unbranched alkanes of at least 4 members (excludes halogenated alkanes) is 1. The maximum Gasteiger partial charge on any atom is 0.292 e. The van der Waals surface area contributed by atoms with Crippen LogP contribution in [0.5, 0.6) is 0 Å². The highest BCUT2D eigenvalue weighted by Crippen LogP contribution is 2.04. The summed E-state index contributed by atoms with van der Waals surface area (Å²) in [5.41, 5.74) is 0. The minimum atomic E-state index is -3.11. The predicted molar refractivity (Wildman–Crippen MR) is 54.6 cm³/mol. The summed E-state index contributed by atoms with van der Waals surface area (Å²) >= 11 is 0. The third-order valence-electron chi connectivity index (χ3n) is 1.80. The van der Waals surface area contributed by atoms with E-state index in [0.29, 0.717) is 6.42 Å². The van der Waals surface area contributed by atoms with E-state index in [1.165, 1.54) is 0 Å². The monoisotopic (exact) mass is 231 g/mol. The summed E-state index contributed by atoms with van der Waals surface area (Å²) in [4.78, 5) is 10.6. The Balaban J connectivity index is 2.40. The quantitative estimate of drug-likeness (QED) is 0.724. The molecule has 0 atom stereocenters. The lowest BCUT2D eigenvalue weighted by Gasteiger charge is -2.04. The first-order valence-electron chi connectivity index (χ1n) is 4.65. The molecule has 0 saturated heterocycles. The summed E-state index contributed by atoms with van der Waals surface area (Å²) in [5, 5.41) is 9.23. The van der Waals surface area contributed by atoms with E-state index in [1.807, 2.05) is 6.92 Å². The molecule has 15 heavy (non-hydrogen) atoms. The van der Waals surface area contributed by atoms with Crippen LogP contribution in [0.3, 0.4) is 0 Å². The zero-order chi connectivity index (χ0) is 11.3. The van der Waals surface area contributed by atoms with E-state index < -0.39 is 15.7 Å². The molecule has 1 N–H and O–H groups in total. The topological polar surface area (TPSA) is 88.0 Å². The van der Waals surface area contributed by atoms with Crippen molar-refractivity contribution >= 4 is 15.7 Å². The van der Waals surface area contributed by atoms with Gasteiger partial charge in [0.2, 0.25) is 0 Å². The molecule has 1 aliphatic rings. The fraction of sp³-hybridized carbons (Fsp3) is 0.625. The van der Waals surface area contributed by atoms with Crippen LogP contribution in [0.15, 0.2) is 22.1 Å². The van der Waals surface area contributed by atoms with Crippen LogP contribution in [0.4, 0.5) is 0 Å². The van der Waals surface area contributed by atoms with Gasteiger partial charge in [0.1, 0.15) is 5.88 Å². The molecule has 1 amide bonds. The van der Waals surface area contributed by atoms with Gasteiger partial charge in [-0.25, -0.2) is 8.42 Å². The van der Waals surface area contributed by atoms with E-state index in [9.17, 15) is 13.2 Å². The van der Waals surface area contributed by atoms with Gasteiger partial charge < -0.3 is 5.32 Å². The summed E-state index contributed by atoms with van der Waals surface area (Å²) in [6, 6.07) is 0. The van der Waals surface area contributed by atoms with Crippen molar-refractivity contribution in [2.45, 2.75) is 19.8 Å². The predicted octanol–water partition coefficient (Wildman–Crippen LogP) is 0.582. The Morgan fingerprint density at radius 2 is 2.13 bits per heavy atom. The largest absolute Gasteiger partial charge is 0.355 e. The number of amides is 1. The number of nitrogens with one attached hydrogen (secondary N) is 1. The second kappa shape index (κ2) is 5.01. The van der Waals surface area contributed by atoms with Gasteiger partial charge in [0.25, 0.3) is 5.91 Å². The molecule has 0 aromatic heterocycles. The van der Waals surface area contributed by atoms with Gasteiger partial charge in [0.05, 0.1) is 11.8 Å². The van der Waals surface area contributed by atoms with E-state index in [0.717, 1.165) is 12.5 Å². The van der Waals surface area contributed by atoms with Gasteiger partial charge in [-0.3, -0.25) is 4.79 Å². The number of carbonyl (C=O) groups is 1. The van der Waals surface area contributed by atoms with Gasteiger partial charge >= 0.3 is 0 Å². The summed E-state index contributed by atoms with van der Waals surface area (Å²) in [5.74, 6) is -0.316. The molecule has 0 radical (unpaired) electrons. The number of azo groups is 1. The van der Waals surface area contributed by atoms with Crippen LogP contribution in [-0.2, 0) is 14.6 Å². The third kappa shape index (κ3) is 4.20. The van der Waals surface area contributed by atoms with Crippen LogP contribution < -0.4 is 5.32 Å². The van der Waals surface area contributed by atoms with Crippen LogP contribution in [0, 0.1) is 0 Å². The van der Waals surface area contributed by atoms with Crippen molar-refractivity contribution in [2.75, 3.05) is 11.6 Å². The van der Waals surface area contributed by atoms with E-state index in [1.54, 1.807) is 0 Å². The molecule has 0 fully saturated rings. The van der Waals surface area contributed by atoms with E-state index in [4.69, 9.17) is 0 Å². The van der Waals surface area contributed by atoms with Crippen molar-refractivity contribution in [1.82, 2.24) is 5.32 Å². The van der Waals surface area contributed by atoms with Gasteiger partial charge in [0, 0.05) is 0 Å². The zero-order valence-corrected chi connectivity index (χ0v) is 9.25. The number of sulfone groups is 1. The fourth-order valence-electron chi connectivity index (χ4n) is 0.985. The van der Waals surface area contributed by atoms with Crippen LogP contribution in [0.25, 0.3) is 0 Å². The Kier molecular flexibility index (Phi) is 3.96. The Bertz CT molecular complexity index is 397. The first-order chi connectivity index (χ1) is 7.03. The zero-order valence-electron chi connectivity index (χ0n) is 8.43. The van der Waals surface area contributed by atoms with Crippen molar-refractivity contribution in [2.24, 2.45) is 10.2 Å². The Labute approximate surface area is 88.4 Å². The van der Waals surface area contributed by atoms with Gasteiger partial charge in [-0.15, -0.1) is 10.2 Å². The Morgan fingerprint density at radius 1 is 1.40 bits per heavy atom. The van der Waals surface area contributed by atoms with Crippen molar-refractivity contribution in [3.63, 3.8) is 0 Å². The lowest BCUT2D eigenvalue weighted by molar-refractivity contribution is -0.113. The molecule has 0 unspecified atom stereocenters. The molecular formula is C8H13N3O3S. The van der Waals surface area contributed by atoms with Crippen molar-refractivity contribution < 1.29 is 13.2 Å². The second-order valence-electron chi connectivity index (χ2n) is 3.19. The van der Waals surface area contributed by atoms with Crippen LogP contribution in [-0.4, -0.2) is 26.0 Å². The highest BCUT2D eigenvalue weighted by atomic mass is 32.2. The molecule has 1 heterocycles. The Morgan fingerprint density at radius 3 is 2.67 bits per heavy atom. The molecular weight excluding hydrogens is 218 g/mol.